The van der Waals surface area contributed by atoms with Gasteiger partial charge in [-0.1, -0.05) is 62.9 Å². The van der Waals surface area contributed by atoms with Crippen LogP contribution >= 0.6 is 0 Å². The van der Waals surface area contributed by atoms with Gasteiger partial charge >= 0.3 is 0 Å². The maximum atomic E-state index is 10.6. The van der Waals surface area contributed by atoms with Crippen LogP contribution in [0.2, 0.25) is 0 Å². The van der Waals surface area contributed by atoms with Crippen molar-refractivity contribution < 1.29 is 10.0 Å². The van der Waals surface area contributed by atoms with Crippen LogP contribution in [0.5, 0.6) is 0 Å². The Morgan fingerprint density at radius 2 is 1.71 bits per heavy atom. The lowest BCUT2D eigenvalue weighted by Gasteiger charge is -2.18. The number of hydrogen-bond donors (Lipinski definition) is 1. The minimum absolute atomic E-state index is 0.0885. The van der Waals surface area contributed by atoms with Crippen molar-refractivity contribution in [3.05, 3.63) is 80.9 Å². The van der Waals surface area contributed by atoms with Crippen LogP contribution in [0.25, 0.3) is 0 Å². The first-order chi connectivity index (χ1) is 11.3. The summed E-state index contributed by atoms with van der Waals surface area (Å²) in [5.41, 5.74) is 3.27. The first kappa shape index (κ1) is 17.7. The highest BCUT2D eigenvalue weighted by Gasteiger charge is 2.16. The fourth-order valence-corrected chi connectivity index (χ4v) is 2.33. The predicted octanol–water partition coefficient (Wildman–Crippen LogP) is 3.69. The van der Waals surface area contributed by atoms with E-state index in [0.717, 1.165) is 5.56 Å². The number of aliphatic hydroxyl groups excluding tert-OH is 1. The average molecular weight is 323 g/mol. The highest BCUT2D eigenvalue weighted by Crippen LogP contribution is 2.22. The molecule has 0 radical (unpaired) electrons. The van der Waals surface area contributed by atoms with E-state index < -0.39 is 17.6 Å². The van der Waals surface area contributed by atoms with Gasteiger partial charge in [-0.15, -0.1) is 0 Å². The summed E-state index contributed by atoms with van der Waals surface area (Å²) in [5, 5.41) is 20.6. The van der Waals surface area contributed by atoms with Gasteiger partial charge in [0.15, 0.2) is 0 Å². The minimum Gasteiger partial charge on any atom is -0.381 e. The van der Waals surface area contributed by atoms with Gasteiger partial charge in [0.25, 0.3) is 0 Å². The van der Waals surface area contributed by atoms with Gasteiger partial charge in [-0.2, -0.15) is 0 Å². The van der Waals surface area contributed by atoms with E-state index >= 15 is 0 Å². The van der Waals surface area contributed by atoms with E-state index in [1.807, 2.05) is 12.1 Å². The molecule has 1 atom stereocenters. The lowest BCUT2D eigenvalue weighted by molar-refractivity contribution is -0.491. The van der Waals surface area contributed by atoms with Crippen molar-refractivity contribution >= 4 is 0 Å². The summed E-state index contributed by atoms with van der Waals surface area (Å²) >= 11 is 0. The number of nitro groups is 1. The Morgan fingerprint density at radius 3 is 2.29 bits per heavy atom. The normalized spacial score (nSPS) is 12.2. The van der Waals surface area contributed by atoms with Crippen molar-refractivity contribution in [3.8, 4) is 11.8 Å². The molecule has 0 aliphatic carbocycles. The highest BCUT2D eigenvalue weighted by atomic mass is 16.6. The summed E-state index contributed by atoms with van der Waals surface area (Å²) in [4.78, 5) is 10.1. The molecule has 2 rings (SSSR count). The molecule has 2 aromatic carbocycles. The summed E-state index contributed by atoms with van der Waals surface area (Å²) in [7, 11) is 0. The summed E-state index contributed by atoms with van der Waals surface area (Å²) in [6, 6.07) is 15.0. The van der Waals surface area contributed by atoms with Gasteiger partial charge in [0.2, 0.25) is 6.54 Å². The molecule has 24 heavy (non-hydrogen) atoms. The van der Waals surface area contributed by atoms with Crippen LogP contribution < -0.4 is 0 Å². The standard InChI is InChI=1S/C20H21NO3/c1-20(2,3)17-12-9-15(10-13-17)8-11-16-6-4-5-7-18(16)19(22)14-21(23)24/h4-7,9-10,12-13,19,22H,14H2,1-3H3. The topological polar surface area (TPSA) is 63.4 Å². The lowest BCUT2D eigenvalue weighted by atomic mass is 9.87. The second-order valence-electron chi connectivity index (χ2n) is 6.70. The number of rotatable bonds is 3. The van der Waals surface area contributed by atoms with Crippen molar-refractivity contribution in [3.63, 3.8) is 0 Å². The fraction of sp³-hybridized carbons (Fsp3) is 0.300. The molecular weight excluding hydrogens is 302 g/mol. The first-order valence-electron chi connectivity index (χ1n) is 7.79. The van der Waals surface area contributed by atoms with Crippen molar-refractivity contribution in [2.45, 2.75) is 32.3 Å². The fourth-order valence-electron chi connectivity index (χ4n) is 2.33. The highest BCUT2D eigenvalue weighted by molar-refractivity contribution is 5.47. The Bertz CT molecular complexity index is 777. The Labute approximate surface area is 142 Å². The van der Waals surface area contributed by atoms with Crippen LogP contribution in [-0.2, 0) is 5.41 Å². The lowest BCUT2D eigenvalue weighted by Crippen LogP contribution is -2.12. The molecule has 0 amide bonds. The number of aliphatic hydroxyl groups is 1. The Balaban J connectivity index is 2.27. The molecule has 0 heterocycles. The van der Waals surface area contributed by atoms with Gasteiger partial charge in [-0.05, 0) is 29.2 Å². The van der Waals surface area contributed by atoms with Crippen molar-refractivity contribution in [2.24, 2.45) is 0 Å². The van der Waals surface area contributed by atoms with Crippen molar-refractivity contribution in [2.75, 3.05) is 6.54 Å². The van der Waals surface area contributed by atoms with Crippen LogP contribution in [0.4, 0.5) is 0 Å². The first-order valence-corrected chi connectivity index (χ1v) is 7.79. The summed E-state index contributed by atoms with van der Waals surface area (Å²) in [6.07, 6.45) is -1.16. The second-order valence-corrected chi connectivity index (χ2v) is 6.70. The van der Waals surface area contributed by atoms with E-state index in [4.69, 9.17) is 0 Å². The van der Waals surface area contributed by atoms with E-state index in [1.165, 1.54) is 5.56 Å². The van der Waals surface area contributed by atoms with E-state index in [1.54, 1.807) is 24.3 Å². The second kappa shape index (κ2) is 7.29. The third-order valence-electron chi connectivity index (χ3n) is 3.73. The molecule has 0 spiro atoms. The van der Waals surface area contributed by atoms with Crippen molar-refractivity contribution in [1.82, 2.24) is 0 Å². The molecule has 1 N–H and O–H groups in total. The van der Waals surface area contributed by atoms with Gasteiger partial charge in [-0.25, -0.2) is 0 Å². The zero-order valence-electron chi connectivity index (χ0n) is 14.1. The molecule has 0 saturated heterocycles. The van der Waals surface area contributed by atoms with E-state index in [0.29, 0.717) is 11.1 Å². The third-order valence-corrected chi connectivity index (χ3v) is 3.73. The zero-order valence-corrected chi connectivity index (χ0v) is 14.1. The maximum absolute atomic E-state index is 10.6. The van der Waals surface area contributed by atoms with Crippen LogP contribution in [0.15, 0.2) is 48.5 Å². The molecule has 0 bridgehead atoms. The largest absolute Gasteiger partial charge is 0.381 e. The summed E-state index contributed by atoms with van der Waals surface area (Å²) in [6.45, 7) is 5.93. The molecule has 0 saturated carbocycles. The van der Waals surface area contributed by atoms with Gasteiger partial charge in [0.1, 0.15) is 6.10 Å². The summed E-state index contributed by atoms with van der Waals surface area (Å²) < 4.78 is 0. The third kappa shape index (κ3) is 4.68. The number of benzene rings is 2. The summed E-state index contributed by atoms with van der Waals surface area (Å²) in [5.74, 6) is 6.07. The molecule has 1 unspecified atom stereocenters. The van der Waals surface area contributed by atoms with Gasteiger partial charge in [0.05, 0.1) is 0 Å². The monoisotopic (exact) mass is 323 g/mol. The van der Waals surface area contributed by atoms with E-state index in [9.17, 15) is 15.2 Å². The maximum Gasteiger partial charge on any atom is 0.233 e. The van der Waals surface area contributed by atoms with Gasteiger partial charge < -0.3 is 5.11 Å². The molecule has 2 aromatic rings. The molecule has 4 nitrogen and oxygen atoms in total. The molecular formula is C20H21NO3. The quantitative estimate of drug-likeness (QED) is 0.532. The van der Waals surface area contributed by atoms with Crippen LogP contribution in [0.3, 0.4) is 0 Å². The minimum atomic E-state index is -1.16. The molecule has 0 aromatic heterocycles. The number of nitrogens with zero attached hydrogens (tertiary/aromatic N) is 1. The van der Waals surface area contributed by atoms with E-state index in [2.05, 4.69) is 44.7 Å². The predicted molar refractivity (Wildman–Crippen MR) is 94.4 cm³/mol. The Kier molecular flexibility index (Phi) is 5.38. The molecule has 4 heteroatoms. The Morgan fingerprint density at radius 1 is 1.08 bits per heavy atom. The Hall–Kier alpha value is -2.64. The number of hydrogen-bond acceptors (Lipinski definition) is 3. The van der Waals surface area contributed by atoms with Crippen molar-refractivity contribution in [1.29, 1.82) is 0 Å². The van der Waals surface area contributed by atoms with Crippen LogP contribution in [0.1, 0.15) is 49.1 Å². The van der Waals surface area contributed by atoms with Gasteiger partial charge in [-0.3, -0.25) is 10.1 Å². The SMILES string of the molecule is CC(C)(C)c1ccc(C#Cc2ccccc2C(O)C[N+](=O)[O-])cc1. The smallest absolute Gasteiger partial charge is 0.233 e. The average Bonchev–Trinajstić information content (AvgIpc) is 2.52. The molecule has 0 fully saturated rings. The van der Waals surface area contributed by atoms with Gasteiger partial charge in [0, 0.05) is 21.6 Å². The van der Waals surface area contributed by atoms with E-state index in [-0.39, 0.29) is 5.41 Å². The molecule has 124 valence electrons. The van der Waals surface area contributed by atoms with Crippen LogP contribution in [-0.4, -0.2) is 16.6 Å². The molecule has 0 aliphatic rings. The van der Waals surface area contributed by atoms with Crippen LogP contribution in [0, 0.1) is 22.0 Å². The zero-order chi connectivity index (χ0) is 17.7. The molecule has 0 aliphatic heterocycles.